The summed E-state index contributed by atoms with van der Waals surface area (Å²) in [5.41, 5.74) is 0.506. The Bertz CT molecular complexity index is 690. The lowest BCUT2D eigenvalue weighted by Crippen LogP contribution is -2.36. The first kappa shape index (κ1) is 15.0. The quantitative estimate of drug-likeness (QED) is 0.868. The van der Waals surface area contributed by atoms with Crippen molar-refractivity contribution < 1.29 is 4.52 Å². The highest BCUT2D eigenvalue weighted by molar-refractivity contribution is 7.09. The van der Waals surface area contributed by atoms with Gasteiger partial charge < -0.3 is 9.84 Å². The number of nitrogens with one attached hydrogen (secondary N) is 1. The Labute approximate surface area is 145 Å². The maximum Gasteiger partial charge on any atom is 0.229 e. The molecule has 2 aromatic heterocycles. The summed E-state index contributed by atoms with van der Waals surface area (Å²) in [6.07, 6.45) is 8.15. The van der Waals surface area contributed by atoms with Crippen LogP contribution in [0.3, 0.4) is 0 Å². The first-order chi connectivity index (χ1) is 11.8. The smallest absolute Gasteiger partial charge is 0.229 e. The van der Waals surface area contributed by atoms with Crippen LogP contribution >= 0.6 is 11.3 Å². The van der Waals surface area contributed by atoms with Crippen molar-refractivity contribution in [1.82, 2.24) is 25.3 Å². The summed E-state index contributed by atoms with van der Waals surface area (Å²) in [5, 5.41) is 11.0. The maximum absolute atomic E-state index is 5.45. The van der Waals surface area contributed by atoms with E-state index in [0.717, 1.165) is 37.9 Å². The van der Waals surface area contributed by atoms with Gasteiger partial charge in [0.1, 0.15) is 5.01 Å². The number of hydrogen-bond acceptors (Lipinski definition) is 7. The number of hydrogen-bond donors (Lipinski definition) is 1. The van der Waals surface area contributed by atoms with Gasteiger partial charge in [-0.2, -0.15) is 4.98 Å². The lowest BCUT2D eigenvalue weighted by atomic mass is 9.93. The molecule has 1 N–H and O–H groups in total. The normalized spacial score (nSPS) is 25.5. The largest absolute Gasteiger partial charge is 0.339 e. The molecule has 1 saturated heterocycles. The third kappa shape index (κ3) is 2.89. The fourth-order valence-corrected chi connectivity index (χ4v) is 4.74. The summed E-state index contributed by atoms with van der Waals surface area (Å²) >= 11 is 1.73. The van der Waals surface area contributed by atoms with Crippen LogP contribution in [0.25, 0.3) is 0 Å². The minimum absolute atomic E-state index is 0.506. The fraction of sp³-hybridized carbons (Fsp3) is 0.706. The van der Waals surface area contributed by atoms with Crippen molar-refractivity contribution in [2.45, 2.75) is 57.2 Å². The van der Waals surface area contributed by atoms with Crippen molar-refractivity contribution in [1.29, 1.82) is 0 Å². The molecule has 1 aliphatic heterocycles. The molecule has 0 unspecified atom stereocenters. The fourth-order valence-electron chi connectivity index (χ4n) is 4.10. The molecule has 128 valence electrons. The predicted octanol–water partition coefficient (Wildman–Crippen LogP) is 2.55. The van der Waals surface area contributed by atoms with Crippen LogP contribution in [0.15, 0.2) is 16.1 Å². The molecule has 3 aliphatic rings. The molecule has 0 amide bonds. The van der Waals surface area contributed by atoms with E-state index in [1.807, 2.05) is 6.20 Å². The Balaban J connectivity index is 1.33. The molecule has 1 atom stereocenters. The second-order valence-electron chi connectivity index (χ2n) is 7.49. The predicted molar refractivity (Wildman–Crippen MR) is 90.6 cm³/mol. The van der Waals surface area contributed by atoms with Gasteiger partial charge in [0, 0.05) is 23.5 Å². The van der Waals surface area contributed by atoms with Crippen LogP contribution < -0.4 is 5.32 Å². The number of piperidine rings is 1. The Morgan fingerprint density at radius 2 is 2.17 bits per heavy atom. The maximum atomic E-state index is 5.45. The summed E-state index contributed by atoms with van der Waals surface area (Å²) in [7, 11) is 0. The van der Waals surface area contributed by atoms with Gasteiger partial charge >= 0.3 is 0 Å². The van der Waals surface area contributed by atoms with Crippen molar-refractivity contribution in [2.75, 3.05) is 13.1 Å². The number of thiazole rings is 1. The zero-order valence-corrected chi connectivity index (χ0v) is 14.6. The van der Waals surface area contributed by atoms with E-state index in [4.69, 9.17) is 4.52 Å². The average molecular weight is 345 g/mol. The van der Waals surface area contributed by atoms with Crippen LogP contribution in [0.5, 0.6) is 0 Å². The van der Waals surface area contributed by atoms with Gasteiger partial charge in [-0.15, -0.1) is 11.3 Å². The number of rotatable bonds is 6. The highest BCUT2D eigenvalue weighted by Gasteiger charge is 2.56. The minimum Gasteiger partial charge on any atom is -0.339 e. The molecule has 3 heterocycles. The minimum atomic E-state index is 0.506. The SMILES string of the molecule is c1csc(CN(Cc2noc(C3CC3)n2)[C@@H]2CC23CCNCC3)n1. The molecule has 2 aliphatic carbocycles. The summed E-state index contributed by atoms with van der Waals surface area (Å²) in [4.78, 5) is 11.7. The molecule has 3 fully saturated rings. The third-order valence-electron chi connectivity index (χ3n) is 5.76. The van der Waals surface area contributed by atoms with Gasteiger partial charge in [-0.05, 0) is 50.6 Å². The van der Waals surface area contributed by atoms with E-state index in [2.05, 4.69) is 30.7 Å². The van der Waals surface area contributed by atoms with Crippen LogP contribution in [0.2, 0.25) is 0 Å². The van der Waals surface area contributed by atoms with E-state index < -0.39 is 0 Å². The number of nitrogens with zero attached hydrogens (tertiary/aromatic N) is 4. The molecular weight excluding hydrogens is 322 g/mol. The van der Waals surface area contributed by atoms with Gasteiger partial charge in [0.25, 0.3) is 0 Å². The van der Waals surface area contributed by atoms with Crippen LogP contribution in [0, 0.1) is 5.41 Å². The van der Waals surface area contributed by atoms with Crippen molar-refractivity contribution in [3.05, 3.63) is 28.3 Å². The van der Waals surface area contributed by atoms with Crippen molar-refractivity contribution in [2.24, 2.45) is 5.41 Å². The zero-order chi connectivity index (χ0) is 16.0. The summed E-state index contributed by atoms with van der Waals surface area (Å²) in [5.74, 6) is 2.20. The second-order valence-corrected chi connectivity index (χ2v) is 8.47. The van der Waals surface area contributed by atoms with Gasteiger partial charge in [-0.1, -0.05) is 5.16 Å². The molecule has 0 radical (unpaired) electrons. The van der Waals surface area contributed by atoms with Crippen LogP contribution in [0.1, 0.15) is 54.7 Å². The molecule has 6 nitrogen and oxygen atoms in total. The summed E-state index contributed by atoms with van der Waals surface area (Å²) in [6, 6.07) is 0.631. The first-order valence-electron chi connectivity index (χ1n) is 8.98. The van der Waals surface area contributed by atoms with Gasteiger partial charge in [-0.3, -0.25) is 4.90 Å². The molecule has 1 spiro atoms. The van der Waals surface area contributed by atoms with E-state index in [9.17, 15) is 0 Å². The molecular formula is C17H23N5OS. The topological polar surface area (TPSA) is 67.1 Å². The zero-order valence-electron chi connectivity index (χ0n) is 13.8. The van der Waals surface area contributed by atoms with Crippen LogP contribution in [-0.2, 0) is 13.1 Å². The Morgan fingerprint density at radius 1 is 1.29 bits per heavy atom. The standard InChI is InChI=1S/C17H23N5OS/c1-2-12(1)16-20-14(21-23-16)10-22(11-15-19-7-8-24-15)13-9-17(13)3-5-18-6-4-17/h7-8,12-13,18H,1-6,9-11H2/t13-/m1/s1. The first-order valence-corrected chi connectivity index (χ1v) is 9.86. The molecule has 0 aromatic carbocycles. The van der Waals surface area contributed by atoms with E-state index in [-0.39, 0.29) is 0 Å². The van der Waals surface area contributed by atoms with Crippen LogP contribution in [0.4, 0.5) is 0 Å². The van der Waals surface area contributed by atoms with Gasteiger partial charge in [-0.25, -0.2) is 4.98 Å². The lowest BCUT2D eigenvalue weighted by Gasteiger charge is -2.28. The Morgan fingerprint density at radius 3 is 2.92 bits per heavy atom. The molecule has 7 heteroatoms. The summed E-state index contributed by atoms with van der Waals surface area (Å²) < 4.78 is 5.45. The molecule has 24 heavy (non-hydrogen) atoms. The van der Waals surface area contributed by atoms with E-state index in [1.165, 1.54) is 37.1 Å². The molecule has 2 saturated carbocycles. The van der Waals surface area contributed by atoms with Gasteiger partial charge in [0.15, 0.2) is 5.82 Å². The molecule has 0 bridgehead atoms. The van der Waals surface area contributed by atoms with Crippen molar-refractivity contribution in [3.63, 3.8) is 0 Å². The third-order valence-corrected chi connectivity index (χ3v) is 6.53. The summed E-state index contributed by atoms with van der Waals surface area (Å²) in [6.45, 7) is 3.96. The van der Waals surface area contributed by atoms with E-state index in [1.54, 1.807) is 11.3 Å². The molecule has 5 rings (SSSR count). The highest BCUT2D eigenvalue weighted by atomic mass is 32.1. The Kier molecular flexibility index (Phi) is 3.68. The highest BCUT2D eigenvalue weighted by Crippen LogP contribution is 2.56. The van der Waals surface area contributed by atoms with E-state index in [0.29, 0.717) is 17.4 Å². The monoisotopic (exact) mass is 345 g/mol. The second kappa shape index (κ2) is 5.89. The van der Waals surface area contributed by atoms with Crippen molar-refractivity contribution in [3.8, 4) is 0 Å². The number of aromatic nitrogens is 3. The van der Waals surface area contributed by atoms with Crippen molar-refractivity contribution >= 4 is 11.3 Å². The van der Waals surface area contributed by atoms with Gasteiger partial charge in [0.05, 0.1) is 13.1 Å². The average Bonchev–Trinajstić information content (AvgIpc) is 3.44. The lowest BCUT2D eigenvalue weighted by molar-refractivity contribution is 0.182. The van der Waals surface area contributed by atoms with Gasteiger partial charge in [0.2, 0.25) is 5.89 Å². The van der Waals surface area contributed by atoms with E-state index >= 15 is 0 Å². The van der Waals surface area contributed by atoms with Crippen LogP contribution in [-0.4, -0.2) is 39.2 Å². The molecule has 2 aromatic rings. The Hall–Kier alpha value is -1.31.